The summed E-state index contributed by atoms with van der Waals surface area (Å²) in [7, 11) is 1.82. The van der Waals surface area contributed by atoms with Crippen molar-refractivity contribution in [2.75, 3.05) is 7.05 Å². The number of hydrogen-bond donors (Lipinski definition) is 1. The first kappa shape index (κ1) is 15.1. The smallest absolute Gasteiger partial charge is 0.222 e. The lowest BCUT2D eigenvalue weighted by atomic mass is 10.1. The van der Waals surface area contributed by atoms with Gasteiger partial charge in [0.25, 0.3) is 0 Å². The maximum absolute atomic E-state index is 12.2. The van der Waals surface area contributed by atoms with Crippen LogP contribution in [-0.2, 0) is 17.8 Å². The molecule has 0 radical (unpaired) electrons. The normalized spacial score (nSPS) is 10.4. The van der Waals surface area contributed by atoms with Gasteiger partial charge in [-0.15, -0.1) is 0 Å². The molecular weight excluding hydrogens is 262 g/mol. The molecule has 0 saturated carbocycles. The van der Waals surface area contributed by atoms with Gasteiger partial charge in [-0.3, -0.25) is 4.79 Å². The average molecular weight is 283 g/mol. The zero-order valence-electron chi connectivity index (χ0n) is 12.5. The number of para-hydroxylation sites is 1. The summed E-state index contributed by atoms with van der Waals surface area (Å²) in [6.45, 7) is 2.67. The van der Waals surface area contributed by atoms with E-state index in [2.05, 4.69) is 13.0 Å². The molecule has 3 heteroatoms. The van der Waals surface area contributed by atoms with Crippen molar-refractivity contribution in [3.05, 3.63) is 65.2 Å². The number of aryl methyl sites for hydroxylation is 2. The van der Waals surface area contributed by atoms with Crippen LogP contribution in [-0.4, -0.2) is 23.0 Å². The van der Waals surface area contributed by atoms with E-state index in [1.54, 1.807) is 17.0 Å². The lowest BCUT2D eigenvalue weighted by Crippen LogP contribution is -2.26. The number of carbonyl (C=O) groups is 1. The maximum atomic E-state index is 12.2. The molecule has 2 aromatic carbocycles. The number of benzene rings is 2. The van der Waals surface area contributed by atoms with Gasteiger partial charge in [0, 0.05) is 20.0 Å². The fourth-order valence-electron chi connectivity index (χ4n) is 2.29. The van der Waals surface area contributed by atoms with E-state index in [9.17, 15) is 9.90 Å². The highest BCUT2D eigenvalue weighted by molar-refractivity contribution is 5.76. The third kappa shape index (κ3) is 4.09. The second-order valence-electron chi connectivity index (χ2n) is 5.30. The van der Waals surface area contributed by atoms with Gasteiger partial charge in [0.2, 0.25) is 5.91 Å². The molecule has 0 fully saturated rings. The fourth-order valence-corrected chi connectivity index (χ4v) is 2.29. The van der Waals surface area contributed by atoms with Gasteiger partial charge in [0.05, 0.1) is 0 Å². The standard InChI is InChI=1S/C18H21NO2/c1-14-7-3-4-9-16(14)13-19(2)18(21)12-11-15-8-5-6-10-17(15)20/h3-10,20H,11-13H2,1-2H3. The first-order valence-corrected chi connectivity index (χ1v) is 7.13. The van der Waals surface area contributed by atoms with Gasteiger partial charge in [0.1, 0.15) is 5.75 Å². The van der Waals surface area contributed by atoms with Gasteiger partial charge in [0.15, 0.2) is 0 Å². The van der Waals surface area contributed by atoms with Crippen molar-refractivity contribution in [3.8, 4) is 5.75 Å². The minimum absolute atomic E-state index is 0.0847. The zero-order chi connectivity index (χ0) is 15.2. The molecule has 2 aromatic rings. The first-order chi connectivity index (χ1) is 10.1. The van der Waals surface area contributed by atoms with Crippen LogP contribution in [0.1, 0.15) is 23.1 Å². The van der Waals surface area contributed by atoms with Crippen LogP contribution in [0, 0.1) is 6.92 Å². The quantitative estimate of drug-likeness (QED) is 0.914. The lowest BCUT2D eigenvalue weighted by Gasteiger charge is -2.18. The lowest BCUT2D eigenvalue weighted by molar-refractivity contribution is -0.130. The molecule has 1 amide bonds. The molecule has 0 aliphatic carbocycles. The van der Waals surface area contributed by atoms with Gasteiger partial charge in [-0.2, -0.15) is 0 Å². The number of nitrogens with zero attached hydrogens (tertiary/aromatic N) is 1. The molecule has 21 heavy (non-hydrogen) atoms. The molecular formula is C18H21NO2. The van der Waals surface area contributed by atoms with Crippen LogP contribution < -0.4 is 0 Å². The summed E-state index contributed by atoms with van der Waals surface area (Å²) < 4.78 is 0. The second-order valence-corrected chi connectivity index (χ2v) is 5.30. The van der Waals surface area contributed by atoms with Crippen LogP contribution in [0.4, 0.5) is 0 Å². The molecule has 0 heterocycles. The molecule has 0 atom stereocenters. The van der Waals surface area contributed by atoms with Crippen molar-refractivity contribution in [2.24, 2.45) is 0 Å². The molecule has 0 aromatic heterocycles. The monoisotopic (exact) mass is 283 g/mol. The molecule has 0 saturated heterocycles. The summed E-state index contributed by atoms with van der Waals surface area (Å²) >= 11 is 0. The topological polar surface area (TPSA) is 40.5 Å². The summed E-state index contributed by atoms with van der Waals surface area (Å²) in [4.78, 5) is 13.9. The summed E-state index contributed by atoms with van der Waals surface area (Å²) in [6, 6.07) is 15.2. The Balaban J connectivity index is 1.91. The molecule has 0 aliphatic heterocycles. The van der Waals surface area contributed by atoms with Crippen molar-refractivity contribution in [1.29, 1.82) is 0 Å². The van der Waals surface area contributed by atoms with Crippen molar-refractivity contribution < 1.29 is 9.90 Å². The minimum Gasteiger partial charge on any atom is -0.508 e. The largest absolute Gasteiger partial charge is 0.508 e. The van der Waals surface area contributed by atoms with Crippen LogP contribution in [0.25, 0.3) is 0 Å². The Labute approximate surface area is 125 Å². The van der Waals surface area contributed by atoms with E-state index in [4.69, 9.17) is 0 Å². The number of phenolic OH excluding ortho intramolecular Hbond substituents is 1. The van der Waals surface area contributed by atoms with E-state index in [0.717, 1.165) is 11.1 Å². The fraction of sp³-hybridized carbons (Fsp3) is 0.278. The molecule has 0 spiro atoms. The average Bonchev–Trinajstić information content (AvgIpc) is 2.48. The predicted molar refractivity (Wildman–Crippen MR) is 84.1 cm³/mol. The van der Waals surface area contributed by atoms with Crippen molar-refractivity contribution in [3.63, 3.8) is 0 Å². The Kier molecular flexibility index (Phi) is 4.99. The third-order valence-electron chi connectivity index (χ3n) is 3.69. The van der Waals surface area contributed by atoms with Gasteiger partial charge >= 0.3 is 0 Å². The van der Waals surface area contributed by atoms with E-state index in [1.807, 2.05) is 37.4 Å². The molecule has 2 rings (SSSR count). The molecule has 110 valence electrons. The van der Waals surface area contributed by atoms with Gasteiger partial charge in [-0.05, 0) is 36.1 Å². The van der Waals surface area contributed by atoms with Gasteiger partial charge in [-0.25, -0.2) is 0 Å². The van der Waals surface area contributed by atoms with E-state index in [0.29, 0.717) is 19.4 Å². The summed E-state index contributed by atoms with van der Waals surface area (Å²) in [5, 5.41) is 9.71. The number of phenols is 1. The summed E-state index contributed by atoms with van der Waals surface area (Å²) in [6.07, 6.45) is 0.962. The molecule has 0 unspecified atom stereocenters. The third-order valence-corrected chi connectivity index (χ3v) is 3.69. The van der Waals surface area contributed by atoms with Crippen LogP contribution in [0.2, 0.25) is 0 Å². The first-order valence-electron chi connectivity index (χ1n) is 7.13. The number of amides is 1. The van der Waals surface area contributed by atoms with Crippen molar-refractivity contribution in [2.45, 2.75) is 26.3 Å². The number of carbonyl (C=O) groups excluding carboxylic acids is 1. The zero-order valence-corrected chi connectivity index (χ0v) is 12.5. The van der Waals surface area contributed by atoms with E-state index >= 15 is 0 Å². The minimum atomic E-state index is 0.0847. The Morgan fingerprint density at radius 2 is 1.67 bits per heavy atom. The van der Waals surface area contributed by atoms with Crippen molar-refractivity contribution in [1.82, 2.24) is 4.90 Å². The summed E-state index contributed by atoms with van der Waals surface area (Å²) in [5.41, 5.74) is 3.17. The Hall–Kier alpha value is -2.29. The van der Waals surface area contributed by atoms with Crippen molar-refractivity contribution >= 4 is 5.91 Å². The SMILES string of the molecule is Cc1ccccc1CN(C)C(=O)CCc1ccccc1O. The van der Waals surface area contributed by atoms with Crippen LogP contribution >= 0.6 is 0 Å². The molecule has 0 bridgehead atoms. The predicted octanol–water partition coefficient (Wildman–Crippen LogP) is 3.29. The second kappa shape index (κ2) is 6.93. The van der Waals surface area contributed by atoms with E-state index in [-0.39, 0.29) is 11.7 Å². The molecule has 3 nitrogen and oxygen atoms in total. The number of rotatable bonds is 5. The Morgan fingerprint density at radius 3 is 2.33 bits per heavy atom. The highest BCUT2D eigenvalue weighted by atomic mass is 16.3. The Bertz CT molecular complexity index is 622. The molecule has 1 N–H and O–H groups in total. The molecule has 0 aliphatic rings. The van der Waals surface area contributed by atoms with Crippen LogP contribution in [0.3, 0.4) is 0 Å². The highest BCUT2D eigenvalue weighted by Gasteiger charge is 2.11. The van der Waals surface area contributed by atoms with E-state index < -0.39 is 0 Å². The number of hydrogen-bond acceptors (Lipinski definition) is 2. The van der Waals surface area contributed by atoms with Gasteiger partial charge < -0.3 is 10.0 Å². The van der Waals surface area contributed by atoms with E-state index in [1.165, 1.54) is 5.56 Å². The maximum Gasteiger partial charge on any atom is 0.222 e. The van der Waals surface area contributed by atoms with Crippen LogP contribution in [0.15, 0.2) is 48.5 Å². The van der Waals surface area contributed by atoms with Crippen LogP contribution in [0.5, 0.6) is 5.75 Å². The summed E-state index contributed by atoms with van der Waals surface area (Å²) in [5.74, 6) is 0.341. The highest BCUT2D eigenvalue weighted by Crippen LogP contribution is 2.18. The number of aromatic hydroxyl groups is 1. The van der Waals surface area contributed by atoms with Gasteiger partial charge in [-0.1, -0.05) is 42.5 Å². The Morgan fingerprint density at radius 1 is 1.05 bits per heavy atom.